The van der Waals surface area contributed by atoms with Gasteiger partial charge in [0.2, 0.25) is 0 Å². The molecule has 1 saturated heterocycles. The van der Waals surface area contributed by atoms with Gasteiger partial charge in [-0.1, -0.05) is 0 Å². The maximum absolute atomic E-state index is 11.6. The van der Waals surface area contributed by atoms with Gasteiger partial charge in [0.1, 0.15) is 0 Å². The van der Waals surface area contributed by atoms with Crippen molar-refractivity contribution in [1.82, 2.24) is 0 Å². The van der Waals surface area contributed by atoms with Crippen molar-refractivity contribution in [1.29, 1.82) is 0 Å². The van der Waals surface area contributed by atoms with E-state index in [1.54, 1.807) is 0 Å². The summed E-state index contributed by atoms with van der Waals surface area (Å²) in [5, 5.41) is 58.3. The van der Waals surface area contributed by atoms with Crippen molar-refractivity contribution in [2.75, 3.05) is 33.0 Å². The molecule has 1 unspecified atom stereocenters. The summed E-state index contributed by atoms with van der Waals surface area (Å²) in [6, 6.07) is 0. The Balaban J connectivity index is 2.59. The molecule has 0 aliphatic carbocycles. The van der Waals surface area contributed by atoms with E-state index in [1.165, 1.54) is 0 Å². The Morgan fingerprint density at radius 1 is 1.06 bits per heavy atom. The van der Waals surface area contributed by atoms with Crippen LogP contribution in [0.1, 0.15) is 0 Å². The van der Waals surface area contributed by atoms with Crippen LogP contribution in [-0.2, 0) is 33.6 Å². The van der Waals surface area contributed by atoms with E-state index in [0.717, 1.165) is 0 Å². The normalized spacial score (nSPS) is 26.8. The first-order chi connectivity index (χ1) is 15.1. The van der Waals surface area contributed by atoms with Crippen LogP contribution in [0, 0.1) is 5.92 Å². The van der Waals surface area contributed by atoms with E-state index in [9.17, 15) is 38.7 Å². The Labute approximate surface area is 194 Å². The molecule has 1 rings (SSSR count). The molecule has 0 spiro atoms. The SMILES string of the molecule is C[As+](C)(C[C@H](COCC(O)CO)C(=O)O)C[C@H]1O[C@@H](OC[C@H](O)COS(=O)(=O)O)[C@H](O)[C@@H]1O. The number of hydrogen-bond donors (Lipinski definition) is 7. The number of ether oxygens (including phenoxy) is 3. The molecule has 1 aliphatic rings. The van der Waals surface area contributed by atoms with Crippen LogP contribution in [0.3, 0.4) is 0 Å². The van der Waals surface area contributed by atoms with Crippen molar-refractivity contribution in [3.8, 4) is 0 Å². The quantitative estimate of drug-likeness (QED) is 0.0747. The average molecular weight is 569 g/mol. The fraction of sp³-hybridized carbons (Fsp3) is 0.941. The summed E-state index contributed by atoms with van der Waals surface area (Å²) < 4.78 is 49.4. The summed E-state index contributed by atoms with van der Waals surface area (Å²) in [4.78, 5) is 11.6. The predicted octanol–water partition coefficient (Wildman–Crippen LogP) is -2.59. The van der Waals surface area contributed by atoms with Crippen LogP contribution in [0.5, 0.6) is 0 Å². The van der Waals surface area contributed by atoms with Gasteiger partial charge in [-0.05, 0) is 0 Å². The van der Waals surface area contributed by atoms with E-state index in [4.69, 9.17) is 23.9 Å². The van der Waals surface area contributed by atoms with Crippen LogP contribution in [0.2, 0.25) is 21.8 Å². The molecule has 14 nitrogen and oxygen atoms in total. The van der Waals surface area contributed by atoms with Crippen LogP contribution in [0.4, 0.5) is 0 Å². The monoisotopic (exact) mass is 569 g/mol. The number of carboxylic acid groups (broad SMARTS) is 1. The third-order valence-electron chi connectivity index (χ3n) is 4.76. The predicted molar refractivity (Wildman–Crippen MR) is 112 cm³/mol. The molecule has 1 fully saturated rings. The molecule has 1 aliphatic heterocycles. The van der Waals surface area contributed by atoms with Gasteiger partial charge in [-0.25, -0.2) is 0 Å². The Hall–Kier alpha value is -0.422. The van der Waals surface area contributed by atoms with Gasteiger partial charge >= 0.3 is 194 Å². The number of rotatable bonds is 16. The molecule has 1 heterocycles. The first-order valence-electron chi connectivity index (χ1n) is 9.99. The standard InChI is InChI=1S/C17H33AsO14S/c1-18(2,3-10(16(24)25)6-29-7-11(20)5-19)4-13-14(22)15(23)17(32-13)30-8-12(21)9-31-33(26,27)28/h10-15,17,19-23H,3-9H2,1-2H3,(H-,24,25,26,27,28)/p+1/t10-,11?,12+,13-,14-,15-,17-/m1/s1. The van der Waals surface area contributed by atoms with E-state index in [2.05, 4.69) is 4.18 Å². The van der Waals surface area contributed by atoms with Gasteiger partial charge in [-0.15, -0.1) is 0 Å². The van der Waals surface area contributed by atoms with Crippen LogP contribution >= 0.6 is 0 Å². The molecule has 0 saturated carbocycles. The molecule has 0 aromatic rings. The zero-order valence-corrected chi connectivity index (χ0v) is 21.0. The Bertz CT molecular complexity index is 704. The number of carbonyl (C=O) groups is 1. The Morgan fingerprint density at radius 3 is 2.24 bits per heavy atom. The molecule has 16 heteroatoms. The van der Waals surface area contributed by atoms with Crippen LogP contribution in [0.15, 0.2) is 0 Å². The summed E-state index contributed by atoms with van der Waals surface area (Å²) in [6.07, 6.45) is -7.54. The third-order valence-corrected chi connectivity index (χ3v) is 11.0. The van der Waals surface area contributed by atoms with Crippen LogP contribution < -0.4 is 0 Å². The Kier molecular flexibility index (Phi) is 12.6. The van der Waals surface area contributed by atoms with Crippen molar-refractivity contribution in [2.24, 2.45) is 5.92 Å². The van der Waals surface area contributed by atoms with Crippen molar-refractivity contribution in [3.63, 3.8) is 0 Å². The topological polar surface area (TPSA) is 230 Å². The summed E-state index contributed by atoms with van der Waals surface area (Å²) in [5.41, 5.74) is 3.81. The second-order valence-electron chi connectivity index (χ2n) is 8.43. The number of aliphatic carboxylic acids is 1. The summed E-state index contributed by atoms with van der Waals surface area (Å²) in [6.45, 7) is -2.18. The first-order valence-corrected chi connectivity index (χ1v) is 17.8. The molecule has 0 radical (unpaired) electrons. The minimum atomic E-state index is -4.74. The number of carboxylic acids is 1. The molecule has 7 atom stereocenters. The van der Waals surface area contributed by atoms with Gasteiger partial charge in [0, 0.05) is 0 Å². The van der Waals surface area contributed by atoms with Crippen molar-refractivity contribution < 1.29 is 66.8 Å². The summed E-state index contributed by atoms with van der Waals surface area (Å²) in [5.74, 6) is -1.95. The zero-order chi connectivity index (χ0) is 25.4. The maximum atomic E-state index is 11.6. The third kappa shape index (κ3) is 11.7. The number of aliphatic hydroxyl groups is 5. The van der Waals surface area contributed by atoms with E-state index in [0.29, 0.717) is 5.21 Å². The average Bonchev–Trinajstić information content (AvgIpc) is 2.96. The molecule has 0 bridgehead atoms. The minimum absolute atomic E-state index is 0.164. The van der Waals surface area contributed by atoms with Crippen LogP contribution in [0.25, 0.3) is 0 Å². The summed E-state index contributed by atoms with van der Waals surface area (Å²) in [7, 11) is -4.74. The van der Waals surface area contributed by atoms with E-state index in [1.807, 2.05) is 11.4 Å². The zero-order valence-electron chi connectivity index (χ0n) is 18.3. The fourth-order valence-corrected chi connectivity index (χ4v) is 9.55. The van der Waals surface area contributed by atoms with E-state index in [-0.39, 0.29) is 18.4 Å². The molecule has 7 N–H and O–H groups in total. The molecule has 196 valence electrons. The molecular formula is C17H34AsO14S+. The fourth-order valence-electron chi connectivity index (χ4n) is 3.18. The van der Waals surface area contributed by atoms with E-state index < -0.39 is 92.5 Å². The first kappa shape index (κ1) is 30.6. The van der Waals surface area contributed by atoms with Gasteiger partial charge in [-0.3, -0.25) is 0 Å². The van der Waals surface area contributed by atoms with Crippen LogP contribution in [-0.4, -0.2) is 133 Å². The second-order valence-corrected chi connectivity index (χ2v) is 19.2. The second kappa shape index (κ2) is 13.6. The van der Waals surface area contributed by atoms with Crippen molar-refractivity contribution in [2.45, 2.75) is 58.6 Å². The molecule has 0 aromatic carbocycles. The molecule has 0 aromatic heterocycles. The molecule has 0 amide bonds. The Morgan fingerprint density at radius 2 is 1.70 bits per heavy atom. The van der Waals surface area contributed by atoms with Gasteiger partial charge in [0.05, 0.1) is 0 Å². The van der Waals surface area contributed by atoms with Gasteiger partial charge < -0.3 is 0 Å². The number of hydrogen-bond acceptors (Lipinski definition) is 12. The van der Waals surface area contributed by atoms with Gasteiger partial charge in [0.25, 0.3) is 0 Å². The van der Waals surface area contributed by atoms with Crippen molar-refractivity contribution >= 4 is 29.9 Å². The van der Waals surface area contributed by atoms with Gasteiger partial charge in [-0.2, -0.15) is 0 Å². The van der Waals surface area contributed by atoms with E-state index >= 15 is 0 Å². The summed E-state index contributed by atoms with van der Waals surface area (Å²) >= 11 is -2.74. The van der Waals surface area contributed by atoms with Gasteiger partial charge in [0.15, 0.2) is 0 Å². The number of aliphatic hydroxyl groups excluding tert-OH is 5. The molecule has 33 heavy (non-hydrogen) atoms. The van der Waals surface area contributed by atoms with Crippen molar-refractivity contribution in [3.05, 3.63) is 0 Å². The molecular weight excluding hydrogens is 535 g/mol.